The first-order valence-electron chi connectivity index (χ1n) is 4.85. The SMILES string of the molecule is COC(=O)CN(C=O)CC1CC(C(N)=O)=NO1. The van der Waals surface area contributed by atoms with Gasteiger partial charge in [0.05, 0.1) is 13.7 Å². The second kappa shape index (κ2) is 5.83. The smallest absolute Gasteiger partial charge is 0.325 e. The largest absolute Gasteiger partial charge is 0.468 e. The highest BCUT2D eigenvalue weighted by Gasteiger charge is 2.26. The predicted molar refractivity (Wildman–Crippen MR) is 55.8 cm³/mol. The molecule has 2 amide bonds. The Kier molecular flexibility index (Phi) is 4.44. The molecule has 8 heteroatoms. The van der Waals surface area contributed by atoms with Crippen LogP contribution in [0.4, 0.5) is 0 Å². The standard InChI is InChI=1S/C9H13N3O5/c1-16-8(14)4-12(5-13)3-6-2-7(9(10)15)11-17-6/h5-6H,2-4H2,1H3,(H2,10,15). The molecule has 0 aliphatic carbocycles. The third-order valence-corrected chi connectivity index (χ3v) is 2.16. The van der Waals surface area contributed by atoms with Crippen molar-refractivity contribution in [3.05, 3.63) is 0 Å². The topological polar surface area (TPSA) is 111 Å². The molecule has 8 nitrogen and oxygen atoms in total. The van der Waals surface area contributed by atoms with E-state index in [0.717, 1.165) is 0 Å². The Bertz CT molecular complexity index is 355. The number of carbonyl (C=O) groups is 3. The first-order chi connectivity index (χ1) is 8.06. The molecule has 1 atom stereocenters. The van der Waals surface area contributed by atoms with Crippen LogP contribution in [-0.4, -0.2) is 55.2 Å². The minimum absolute atomic E-state index is 0.124. The van der Waals surface area contributed by atoms with E-state index in [1.165, 1.54) is 12.0 Å². The zero-order valence-electron chi connectivity index (χ0n) is 9.29. The lowest BCUT2D eigenvalue weighted by atomic mass is 10.1. The fraction of sp³-hybridized carbons (Fsp3) is 0.556. The lowest BCUT2D eigenvalue weighted by molar-refractivity contribution is -0.144. The number of carbonyl (C=O) groups excluding carboxylic acids is 3. The molecule has 1 heterocycles. The molecule has 0 fully saturated rings. The summed E-state index contributed by atoms with van der Waals surface area (Å²) in [5, 5.41) is 3.49. The van der Waals surface area contributed by atoms with Crippen molar-refractivity contribution in [1.29, 1.82) is 0 Å². The third kappa shape index (κ3) is 3.74. The zero-order valence-corrected chi connectivity index (χ0v) is 9.29. The number of oxime groups is 1. The van der Waals surface area contributed by atoms with E-state index in [-0.39, 0.29) is 25.2 Å². The predicted octanol–water partition coefficient (Wildman–Crippen LogP) is -1.75. The van der Waals surface area contributed by atoms with Crippen LogP contribution in [-0.2, 0) is 24.0 Å². The van der Waals surface area contributed by atoms with Crippen LogP contribution >= 0.6 is 0 Å². The molecule has 0 spiro atoms. The highest BCUT2D eigenvalue weighted by Crippen LogP contribution is 2.11. The Labute approximate surface area is 97.3 Å². The molecule has 2 N–H and O–H groups in total. The van der Waals surface area contributed by atoms with Crippen LogP contribution in [0.15, 0.2) is 5.16 Å². The first-order valence-corrected chi connectivity index (χ1v) is 4.85. The van der Waals surface area contributed by atoms with Crippen LogP contribution < -0.4 is 5.73 Å². The second-order valence-corrected chi connectivity index (χ2v) is 3.44. The fourth-order valence-corrected chi connectivity index (χ4v) is 1.31. The van der Waals surface area contributed by atoms with E-state index in [4.69, 9.17) is 10.6 Å². The van der Waals surface area contributed by atoms with Gasteiger partial charge in [-0.25, -0.2) is 0 Å². The van der Waals surface area contributed by atoms with Gasteiger partial charge in [0.25, 0.3) is 5.91 Å². The average molecular weight is 243 g/mol. The maximum absolute atomic E-state index is 11.0. The van der Waals surface area contributed by atoms with Crippen molar-refractivity contribution >= 4 is 24.0 Å². The summed E-state index contributed by atoms with van der Waals surface area (Å²) < 4.78 is 4.42. The van der Waals surface area contributed by atoms with Crippen molar-refractivity contribution in [2.75, 3.05) is 20.2 Å². The number of esters is 1. The van der Waals surface area contributed by atoms with E-state index in [1.807, 2.05) is 0 Å². The van der Waals surface area contributed by atoms with Gasteiger partial charge in [-0.15, -0.1) is 0 Å². The Balaban J connectivity index is 2.41. The summed E-state index contributed by atoms with van der Waals surface area (Å²) in [6.07, 6.45) is 0.260. The van der Waals surface area contributed by atoms with Crippen LogP contribution in [0.2, 0.25) is 0 Å². The number of ether oxygens (including phenoxy) is 1. The molecule has 0 saturated heterocycles. The summed E-state index contributed by atoms with van der Waals surface area (Å²) in [6, 6.07) is 0. The Morgan fingerprint density at radius 2 is 2.41 bits per heavy atom. The van der Waals surface area contributed by atoms with Crippen LogP contribution in [0.3, 0.4) is 0 Å². The summed E-state index contributed by atoms with van der Waals surface area (Å²) in [7, 11) is 1.23. The fourth-order valence-electron chi connectivity index (χ4n) is 1.31. The van der Waals surface area contributed by atoms with Crippen molar-refractivity contribution in [2.24, 2.45) is 10.9 Å². The van der Waals surface area contributed by atoms with Gasteiger partial charge in [0.2, 0.25) is 6.41 Å². The average Bonchev–Trinajstić information content (AvgIpc) is 2.76. The Hall–Kier alpha value is -2.12. The monoisotopic (exact) mass is 243 g/mol. The van der Waals surface area contributed by atoms with E-state index >= 15 is 0 Å². The molecular weight excluding hydrogens is 230 g/mol. The number of rotatable bonds is 6. The number of methoxy groups -OCH3 is 1. The zero-order chi connectivity index (χ0) is 12.8. The molecule has 1 aliphatic heterocycles. The van der Waals surface area contributed by atoms with Crippen molar-refractivity contribution in [3.8, 4) is 0 Å². The van der Waals surface area contributed by atoms with E-state index in [2.05, 4.69) is 9.89 Å². The van der Waals surface area contributed by atoms with Gasteiger partial charge in [-0.05, 0) is 0 Å². The maximum Gasteiger partial charge on any atom is 0.325 e. The van der Waals surface area contributed by atoms with Gasteiger partial charge >= 0.3 is 5.97 Å². The molecule has 0 radical (unpaired) electrons. The van der Waals surface area contributed by atoms with E-state index in [1.54, 1.807) is 0 Å². The van der Waals surface area contributed by atoms with Crippen LogP contribution in [0.5, 0.6) is 0 Å². The summed E-state index contributed by atoms with van der Waals surface area (Å²) in [4.78, 5) is 38.5. The molecule has 94 valence electrons. The second-order valence-electron chi connectivity index (χ2n) is 3.44. The molecule has 1 unspecified atom stereocenters. The lowest BCUT2D eigenvalue weighted by Crippen LogP contribution is -2.36. The summed E-state index contributed by atoms with van der Waals surface area (Å²) in [6.45, 7) is -0.0371. The highest BCUT2D eigenvalue weighted by atomic mass is 16.6. The number of hydrogen-bond acceptors (Lipinski definition) is 6. The van der Waals surface area contributed by atoms with Gasteiger partial charge in [0.15, 0.2) is 6.10 Å². The van der Waals surface area contributed by atoms with Crippen LogP contribution in [0.1, 0.15) is 6.42 Å². The quantitative estimate of drug-likeness (QED) is 0.439. The van der Waals surface area contributed by atoms with Crippen molar-refractivity contribution in [3.63, 3.8) is 0 Å². The minimum atomic E-state index is -0.655. The van der Waals surface area contributed by atoms with Gasteiger partial charge in [-0.3, -0.25) is 14.4 Å². The molecule has 0 aromatic heterocycles. The Morgan fingerprint density at radius 3 is 2.88 bits per heavy atom. The summed E-state index contributed by atoms with van der Waals surface area (Å²) in [5.74, 6) is -1.19. The molecule has 0 bridgehead atoms. The number of nitrogens with zero attached hydrogens (tertiary/aromatic N) is 2. The van der Waals surface area contributed by atoms with Gasteiger partial charge in [0, 0.05) is 6.42 Å². The summed E-state index contributed by atoms with van der Waals surface area (Å²) >= 11 is 0. The third-order valence-electron chi connectivity index (χ3n) is 2.16. The van der Waals surface area contributed by atoms with E-state index < -0.39 is 18.0 Å². The molecule has 0 aromatic carbocycles. The number of primary amides is 1. The molecular formula is C9H13N3O5. The lowest BCUT2D eigenvalue weighted by Gasteiger charge is -2.18. The van der Waals surface area contributed by atoms with Crippen molar-refractivity contribution in [1.82, 2.24) is 4.90 Å². The number of hydrogen-bond donors (Lipinski definition) is 1. The van der Waals surface area contributed by atoms with Gasteiger partial charge < -0.3 is 20.2 Å². The Morgan fingerprint density at radius 1 is 1.71 bits per heavy atom. The highest BCUT2D eigenvalue weighted by molar-refractivity contribution is 6.38. The van der Waals surface area contributed by atoms with Crippen molar-refractivity contribution < 1.29 is 24.0 Å². The van der Waals surface area contributed by atoms with Crippen LogP contribution in [0.25, 0.3) is 0 Å². The molecule has 17 heavy (non-hydrogen) atoms. The minimum Gasteiger partial charge on any atom is -0.468 e. The van der Waals surface area contributed by atoms with E-state index in [9.17, 15) is 14.4 Å². The summed E-state index contributed by atoms with van der Waals surface area (Å²) in [5.41, 5.74) is 5.14. The van der Waals surface area contributed by atoms with Gasteiger partial charge in [0.1, 0.15) is 12.3 Å². The normalized spacial score (nSPS) is 17.9. The molecule has 1 aliphatic rings. The maximum atomic E-state index is 11.0. The molecule has 0 aromatic rings. The van der Waals surface area contributed by atoms with Crippen LogP contribution in [0, 0.1) is 0 Å². The molecule has 1 rings (SSSR count). The number of amides is 2. The van der Waals surface area contributed by atoms with Gasteiger partial charge in [-0.1, -0.05) is 5.16 Å². The number of nitrogens with two attached hydrogens (primary N) is 1. The first kappa shape index (κ1) is 12.9. The van der Waals surface area contributed by atoms with Gasteiger partial charge in [-0.2, -0.15) is 0 Å². The molecule has 0 saturated carbocycles. The van der Waals surface area contributed by atoms with Crippen molar-refractivity contribution in [2.45, 2.75) is 12.5 Å². The van der Waals surface area contributed by atoms with E-state index in [0.29, 0.717) is 6.41 Å².